The largest absolute Gasteiger partial charge is 0.496 e. The van der Waals surface area contributed by atoms with Gasteiger partial charge in [-0.3, -0.25) is 10.1 Å². The Morgan fingerprint density at radius 2 is 2.10 bits per heavy atom. The summed E-state index contributed by atoms with van der Waals surface area (Å²) < 4.78 is 10.0. The van der Waals surface area contributed by atoms with E-state index in [0.717, 1.165) is 29.7 Å². The summed E-state index contributed by atoms with van der Waals surface area (Å²) in [5.74, 6) is 0.499. The molecule has 0 amide bonds. The molecule has 0 saturated carbocycles. The normalized spacial score (nSPS) is 15.2. The quantitative estimate of drug-likeness (QED) is 0.309. The molecule has 0 saturated heterocycles. The van der Waals surface area contributed by atoms with Crippen LogP contribution in [0, 0.1) is 16.0 Å². The van der Waals surface area contributed by atoms with Gasteiger partial charge in [0.25, 0.3) is 5.69 Å². The summed E-state index contributed by atoms with van der Waals surface area (Å²) in [5, 5.41) is 18.0. The molecule has 29 heavy (non-hydrogen) atoms. The topological polar surface area (TPSA) is 103 Å². The Bertz CT molecular complexity index is 973. The second kappa shape index (κ2) is 8.75. The Balaban J connectivity index is 1.86. The zero-order valence-corrected chi connectivity index (χ0v) is 17.9. The number of benzene rings is 1. The summed E-state index contributed by atoms with van der Waals surface area (Å²) in [4.78, 5) is 24.4. The van der Waals surface area contributed by atoms with Gasteiger partial charge in [0, 0.05) is 4.88 Å². The molecule has 1 atom stereocenters. The predicted octanol–water partition coefficient (Wildman–Crippen LogP) is 4.39. The molecule has 0 spiro atoms. The Morgan fingerprint density at radius 3 is 2.76 bits per heavy atom. The fraction of sp³-hybridized carbons (Fsp3) is 0.368. The second-order valence-electron chi connectivity index (χ2n) is 6.77. The summed E-state index contributed by atoms with van der Waals surface area (Å²) in [6.45, 7) is 2.18. The molecule has 0 unspecified atom stereocenters. The number of nitro benzene ring substituents is 1. The Morgan fingerprint density at radius 1 is 1.34 bits per heavy atom. The van der Waals surface area contributed by atoms with Crippen molar-refractivity contribution in [3.05, 3.63) is 44.3 Å². The molecule has 1 aliphatic carbocycles. The number of hydrogen-bond acceptors (Lipinski definition) is 7. The van der Waals surface area contributed by atoms with Crippen LogP contribution in [0.3, 0.4) is 0 Å². The van der Waals surface area contributed by atoms with Gasteiger partial charge in [0.05, 0.1) is 30.8 Å². The number of carbonyl (C=O) groups excluding carboxylic acids is 1. The van der Waals surface area contributed by atoms with Gasteiger partial charge >= 0.3 is 5.97 Å². The average molecular weight is 436 g/mol. The number of thiocarbonyl (C=S) groups is 1. The first-order valence-corrected chi connectivity index (χ1v) is 10.2. The number of nitrogens with zero attached hydrogens (tertiary/aromatic N) is 1. The smallest absolute Gasteiger partial charge is 0.341 e. The van der Waals surface area contributed by atoms with Gasteiger partial charge in [-0.05, 0) is 55.1 Å². The number of thiophene rings is 1. The van der Waals surface area contributed by atoms with E-state index in [9.17, 15) is 14.9 Å². The molecular weight excluding hydrogens is 414 g/mol. The summed E-state index contributed by atoms with van der Waals surface area (Å²) in [5.41, 5.74) is 1.55. The minimum Gasteiger partial charge on any atom is -0.496 e. The lowest BCUT2D eigenvalue weighted by Gasteiger charge is -2.18. The van der Waals surface area contributed by atoms with Gasteiger partial charge in [-0.25, -0.2) is 4.79 Å². The number of ether oxygens (including phenoxy) is 2. The molecule has 3 rings (SSSR count). The van der Waals surface area contributed by atoms with Gasteiger partial charge in [0.1, 0.15) is 16.4 Å². The highest BCUT2D eigenvalue weighted by molar-refractivity contribution is 7.80. The third-order valence-corrected chi connectivity index (χ3v) is 6.15. The number of anilines is 2. The first-order valence-electron chi connectivity index (χ1n) is 8.97. The van der Waals surface area contributed by atoms with Crippen LogP contribution in [0.2, 0.25) is 0 Å². The lowest BCUT2D eigenvalue weighted by Crippen LogP contribution is -2.21. The molecule has 8 nitrogen and oxygen atoms in total. The van der Waals surface area contributed by atoms with E-state index in [1.165, 1.54) is 37.7 Å². The van der Waals surface area contributed by atoms with E-state index in [2.05, 4.69) is 17.6 Å². The molecule has 1 heterocycles. The SMILES string of the molecule is COC(=O)c1c(NC(=S)Nc2ccc(OC)cc2[N+](=O)[O-])sc2c1CC[C@H](C)C2. The van der Waals surface area contributed by atoms with Crippen LogP contribution in [0.1, 0.15) is 34.1 Å². The monoisotopic (exact) mass is 435 g/mol. The summed E-state index contributed by atoms with van der Waals surface area (Å²) in [6.07, 6.45) is 2.72. The highest BCUT2D eigenvalue weighted by atomic mass is 32.1. The number of nitrogens with one attached hydrogen (secondary N) is 2. The van der Waals surface area contributed by atoms with E-state index in [4.69, 9.17) is 21.7 Å². The van der Waals surface area contributed by atoms with Crippen molar-refractivity contribution in [2.75, 3.05) is 24.9 Å². The Labute approximate surface area is 177 Å². The maximum absolute atomic E-state index is 12.4. The molecule has 1 aliphatic rings. The van der Waals surface area contributed by atoms with Crippen LogP contribution < -0.4 is 15.4 Å². The van der Waals surface area contributed by atoms with Crippen molar-refractivity contribution in [1.82, 2.24) is 0 Å². The molecule has 154 valence electrons. The Kier molecular flexibility index (Phi) is 6.33. The summed E-state index contributed by atoms with van der Waals surface area (Å²) >= 11 is 6.82. The van der Waals surface area contributed by atoms with Gasteiger partial charge in [-0.2, -0.15) is 0 Å². The van der Waals surface area contributed by atoms with E-state index in [1.807, 2.05) is 0 Å². The maximum Gasteiger partial charge on any atom is 0.341 e. The van der Waals surface area contributed by atoms with E-state index < -0.39 is 10.9 Å². The van der Waals surface area contributed by atoms with Crippen LogP contribution in [-0.2, 0) is 17.6 Å². The van der Waals surface area contributed by atoms with Crippen LogP contribution in [0.4, 0.5) is 16.4 Å². The van der Waals surface area contributed by atoms with E-state index in [0.29, 0.717) is 22.2 Å². The number of fused-ring (bicyclic) bond motifs is 1. The van der Waals surface area contributed by atoms with Crippen LogP contribution >= 0.6 is 23.6 Å². The third kappa shape index (κ3) is 4.48. The first-order chi connectivity index (χ1) is 13.8. The van der Waals surface area contributed by atoms with Crippen molar-refractivity contribution < 1.29 is 19.2 Å². The lowest BCUT2D eigenvalue weighted by molar-refractivity contribution is -0.384. The lowest BCUT2D eigenvalue weighted by atomic mass is 9.88. The fourth-order valence-electron chi connectivity index (χ4n) is 3.31. The number of carbonyl (C=O) groups is 1. The summed E-state index contributed by atoms with van der Waals surface area (Å²) in [6, 6.07) is 4.44. The third-order valence-electron chi connectivity index (χ3n) is 4.78. The number of methoxy groups -OCH3 is 2. The van der Waals surface area contributed by atoms with Gasteiger partial charge in [-0.15, -0.1) is 11.3 Å². The van der Waals surface area contributed by atoms with Crippen LogP contribution in [0.5, 0.6) is 5.75 Å². The number of nitro groups is 1. The molecule has 10 heteroatoms. The van der Waals surface area contributed by atoms with Crippen LogP contribution in [0.15, 0.2) is 18.2 Å². The number of rotatable bonds is 5. The van der Waals surface area contributed by atoms with Crippen LogP contribution in [0.25, 0.3) is 0 Å². The van der Waals surface area contributed by atoms with E-state index in [-0.39, 0.29) is 16.5 Å². The van der Waals surface area contributed by atoms with Crippen LogP contribution in [-0.4, -0.2) is 30.2 Å². The Hall–Kier alpha value is -2.72. The minimum absolute atomic E-state index is 0.148. The molecule has 2 N–H and O–H groups in total. The van der Waals surface area contributed by atoms with Gasteiger partial charge in [0.15, 0.2) is 5.11 Å². The predicted molar refractivity (Wildman–Crippen MR) is 116 cm³/mol. The van der Waals surface area contributed by atoms with Crippen molar-refractivity contribution in [3.63, 3.8) is 0 Å². The second-order valence-corrected chi connectivity index (χ2v) is 8.28. The maximum atomic E-state index is 12.4. The zero-order chi connectivity index (χ0) is 21.1. The van der Waals surface area contributed by atoms with Crippen molar-refractivity contribution in [2.45, 2.75) is 26.2 Å². The molecule has 0 fully saturated rings. The van der Waals surface area contributed by atoms with Crippen molar-refractivity contribution in [3.8, 4) is 5.75 Å². The molecular formula is C19H21N3O5S2. The van der Waals surface area contributed by atoms with Crippen molar-refractivity contribution >= 4 is 51.0 Å². The molecule has 1 aromatic carbocycles. The van der Waals surface area contributed by atoms with Gasteiger partial charge < -0.3 is 20.1 Å². The first kappa shape index (κ1) is 21.0. The van der Waals surface area contributed by atoms with E-state index in [1.54, 1.807) is 6.07 Å². The minimum atomic E-state index is -0.515. The average Bonchev–Trinajstić information content (AvgIpc) is 3.03. The van der Waals surface area contributed by atoms with Crippen molar-refractivity contribution in [2.24, 2.45) is 5.92 Å². The molecule has 0 aliphatic heterocycles. The fourth-order valence-corrected chi connectivity index (χ4v) is 4.99. The number of hydrogen-bond donors (Lipinski definition) is 2. The number of esters is 1. The molecule has 2 aromatic rings. The highest BCUT2D eigenvalue weighted by Crippen LogP contribution is 2.40. The highest BCUT2D eigenvalue weighted by Gasteiger charge is 2.28. The summed E-state index contributed by atoms with van der Waals surface area (Å²) in [7, 11) is 2.78. The molecule has 1 aromatic heterocycles. The van der Waals surface area contributed by atoms with Crippen molar-refractivity contribution in [1.29, 1.82) is 0 Å². The standard InChI is InChI=1S/C19H21N3O5S2/c1-10-4-6-12-15(8-10)29-17(16(12)18(23)27-3)21-19(28)20-13-7-5-11(26-2)9-14(13)22(24)25/h5,7,9-10H,4,6,8H2,1-3H3,(H2,20,21,28)/t10-/m0/s1. The van der Waals surface area contributed by atoms with Gasteiger partial charge in [-0.1, -0.05) is 6.92 Å². The molecule has 0 radical (unpaired) electrons. The zero-order valence-electron chi connectivity index (χ0n) is 16.2. The molecule has 0 bridgehead atoms. The van der Waals surface area contributed by atoms with Gasteiger partial charge in [0.2, 0.25) is 0 Å². The van der Waals surface area contributed by atoms with E-state index >= 15 is 0 Å².